The average Bonchev–Trinajstić information content (AvgIpc) is 3.31. The van der Waals surface area contributed by atoms with Gasteiger partial charge in [-0.1, -0.05) is 55.7 Å². The smallest absolute Gasteiger partial charge is 0.262 e. The Kier molecular flexibility index (Phi) is 7.37. The van der Waals surface area contributed by atoms with Crippen LogP contribution in [0.3, 0.4) is 0 Å². The van der Waals surface area contributed by atoms with Gasteiger partial charge in [-0.15, -0.1) is 11.3 Å². The highest BCUT2D eigenvalue weighted by atomic mass is 32.1. The van der Waals surface area contributed by atoms with E-state index in [1.54, 1.807) is 31.5 Å². The first-order valence-electron chi connectivity index (χ1n) is 12.6. The molecule has 0 spiro atoms. The lowest BCUT2D eigenvalue weighted by molar-refractivity contribution is -0.385. The molecule has 7 nitrogen and oxygen atoms in total. The molecule has 2 heterocycles. The predicted octanol–water partition coefficient (Wildman–Crippen LogP) is 7.38. The number of aromatic nitrogens is 2. The number of aryl methyl sites for hydroxylation is 1. The van der Waals surface area contributed by atoms with Crippen molar-refractivity contribution >= 4 is 28.4 Å². The average molecular weight is 512 g/mol. The third-order valence-electron chi connectivity index (χ3n) is 6.91. The van der Waals surface area contributed by atoms with E-state index >= 15 is 0 Å². The third kappa shape index (κ3) is 5.59. The standard InChI is InChI=1S/C29H29N5O2S/c1-20-10-11-25(17-27(20)34(35)36)21(2)32-33-28(19-37-29(33)31-26-9-6-16-30-18-26)24-14-12-23(13-15-24)22-7-4-3-5-8-22/h6,9-19,22H,3-5,7-8H2,1-2H3. The lowest BCUT2D eigenvalue weighted by atomic mass is 9.84. The molecule has 0 bridgehead atoms. The van der Waals surface area contributed by atoms with Crippen molar-refractivity contribution in [1.82, 2.24) is 9.66 Å². The van der Waals surface area contributed by atoms with Crippen molar-refractivity contribution in [3.63, 3.8) is 0 Å². The topological polar surface area (TPSA) is 85.7 Å². The summed E-state index contributed by atoms with van der Waals surface area (Å²) < 4.78 is 1.83. The Labute approximate surface area is 220 Å². The quantitative estimate of drug-likeness (QED) is 0.154. The van der Waals surface area contributed by atoms with Gasteiger partial charge in [0.2, 0.25) is 4.80 Å². The van der Waals surface area contributed by atoms with Gasteiger partial charge in [-0.2, -0.15) is 5.10 Å². The van der Waals surface area contributed by atoms with Crippen LogP contribution in [0.2, 0.25) is 0 Å². The molecule has 1 fully saturated rings. The van der Waals surface area contributed by atoms with E-state index in [1.807, 2.05) is 29.8 Å². The Morgan fingerprint density at radius 3 is 2.59 bits per heavy atom. The highest BCUT2D eigenvalue weighted by molar-refractivity contribution is 7.07. The molecule has 0 saturated heterocycles. The zero-order chi connectivity index (χ0) is 25.8. The summed E-state index contributed by atoms with van der Waals surface area (Å²) in [6.07, 6.45) is 9.91. The monoisotopic (exact) mass is 511 g/mol. The number of thiazole rings is 1. The summed E-state index contributed by atoms with van der Waals surface area (Å²) in [5.74, 6) is 0.645. The highest BCUT2D eigenvalue weighted by Gasteiger charge is 2.17. The van der Waals surface area contributed by atoms with Gasteiger partial charge in [0.25, 0.3) is 5.69 Å². The van der Waals surface area contributed by atoms with Gasteiger partial charge in [0.1, 0.15) is 0 Å². The molecule has 188 valence electrons. The zero-order valence-corrected chi connectivity index (χ0v) is 21.8. The lowest BCUT2D eigenvalue weighted by Crippen LogP contribution is -2.14. The van der Waals surface area contributed by atoms with Gasteiger partial charge in [0.15, 0.2) is 0 Å². The minimum atomic E-state index is -0.355. The molecule has 4 aromatic rings. The largest absolute Gasteiger partial charge is 0.272 e. The number of nitro groups is 1. The van der Waals surface area contributed by atoms with Crippen molar-refractivity contribution in [2.45, 2.75) is 51.9 Å². The number of pyridine rings is 1. The molecule has 1 saturated carbocycles. The van der Waals surface area contributed by atoms with E-state index in [1.165, 1.54) is 49.0 Å². The summed E-state index contributed by atoms with van der Waals surface area (Å²) in [6, 6.07) is 17.8. The van der Waals surface area contributed by atoms with Crippen LogP contribution in [0.4, 0.5) is 11.4 Å². The van der Waals surface area contributed by atoms with Crippen LogP contribution < -0.4 is 4.80 Å². The normalized spacial score (nSPS) is 15.2. The molecule has 0 radical (unpaired) electrons. The van der Waals surface area contributed by atoms with E-state index in [4.69, 9.17) is 10.1 Å². The molecule has 5 rings (SSSR count). The molecule has 0 aliphatic heterocycles. The second-order valence-electron chi connectivity index (χ2n) is 9.44. The number of nitrogens with zero attached hydrogens (tertiary/aromatic N) is 5. The van der Waals surface area contributed by atoms with Gasteiger partial charge in [-0.25, -0.2) is 9.67 Å². The second-order valence-corrected chi connectivity index (χ2v) is 10.3. The fourth-order valence-electron chi connectivity index (χ4n) is 4.80. The Balaban J connectivity index is 1.58. The summed E-state index contributed by atoms with van der Waals surface area (Å²) in [6.45, 7) is 3.60. The van der Waals surface area contributed by atoms with Crippen molar-refractivity contribution in [1.29, 1.82) is 0 Å². The van der Waals surface area contributed by atoms with Crippen LogP contribution in [-0.4, -0.2) is 20.3 Å². The Morgan fingerprint density at radius 1 is 1.11 bits per heavy atom. The van der Waals surface area contributed by atoms with E-state index < -0.39 is 0 Å². The SMILES string of the molecule is CC(=Nn1c(-c2ccc(C3CCCCC3)cc2)csc1=Nc1cccnc1)c1ccc(C)c([N+](=O)[O-])c1. The summed E-state index contributed by atoms with van der Waals surface area (Å²) in [7, 11) is 0. The molecule has 37 heavy (non-hydrogen) atoms. The molecule has 0 atom stereocenters. The Morgan fingerprint density at radius 2 is 1.89 bits per heavy atom. The van der Waals surface area contributed by atoms with Crippen LogP contribution in [0.5, 0.6) is 0 Å². The van der Waals surface area contributed by atoms with Crippen molar-refractivity contribution in [2.24, 2.45) is 10.1 Å². The first kappa shape index (κ1) is 24.8. The van der Waals surface area contributed by atoms with Crippen molar-refractivity contribution in [3.05, 3.63) is 104 Å². The fraction of sp³-hybridized carbons (Fsp3) is 0.276. The van der Waals surface area contributed by atoms with E-state index in [9.17, 15) is 10.1 Å². The van der Waals surface area contributed by atoms with Gasteiger partial charge in [-0.3, -0.25) is 15.1 Å². The van der Waals surface area contributed by atoms with E-state index in [0.29, 0.717) is 27.6 Å². The summed E-state index contributed by atoms with van der Waals surface area (Å²) >= 11 is 1.50. The van der Waals surface area contributed by atoms with E-state index in [-0.39, 0.29) is 10.6 Å². The van der Waals surface area contributed by atoms with Gasteiger partial charge >= 0.3 is 0 Å². The minimum absolute atomic E-state index is 0.0844. The summed E-state index contributed by atoms with van der Waals surface area (Å²) in [5.41, 5.74) is 6.17. The number of rotatable bonds is 6. The molecule has 0 amide bonds. The van der Waals surface area contributed by atoms with Gasteiger partial charge in [-0.05, 0) is 50.3 Å². The van der Waals surface area contributed by atoms with Crippen molar-refractivity contribution in [2.75, 3.05) is 0 Å². The van der Waals surface area contributed by atoms with E-state index in [0.717, 1.165) is 16.9 Å². The molecule has 0 unspecified atom stereocenters. The van der Waals surface area contributed by atoms with Crippen LogP contribution in [0.15, 0.2) is 82.5 Å². The fourth-order valence-corrected chi connectivity index (χ4v) is 5.65. The van der Waals surface area contributed by atoms with Crippen LogP contribution in [0, 0.1) is 17.0 Å². The van der Waals surface area contributed by atoms with Gasteiger partial charge in [0, 0.05) is 34.3 Å². The number of hydrogen-bond donors (Lipinski definition) is 0. The maximum absolute atomic E-state index is 11.5. The molecule has 1 aliphatic carbocycles. The molecule has 0 N–H and O–H groups in total. The Bertz CT molecular complexity index is 1500. The molecule has 2 aromatic heterocycles. The van der Waals surface area contributed by atoms with Crippen LogP contribution in [0.1, 0.15) is 61.6 Å². The summed E-state index contributed by atoms with van der Waals surface area (Å²) in [5, 5.41) is 18.5. The molecule has 8 heteroatoms. The number of nitro benzene ring substituents is 1. The summed E-state index contributed by atoms with van der Waals surface area (Å²) in [4.78, 5) is 20.8. The second kappa shape index (κ2) is 11.0. The predicted molar refractivity (Wildman–Crippen MR) is 148 cm³/mol. The van der Waals surface area contributed by atoms with Crippen molar-refractivity contribution < 1.29 is 4.92 Å². The zero-order valence-electron chi connectivity index (χ0n) is 21.0. The van der Waals surface area contributed by atoms with Gasteiger partial charge in [0.05, 0.1) is 28.2 Å². The lowest BCUT2D eigenvalue weighted by Gasteiger charge is -2.22. The maximum atomic E-state index is 11.5. The van der Waals surface area contributed by atoms with Crippen LogP contribution in [-0.2, 0) is 0 Å². The first-order valence-corrected chi connectivity index (χ1v) is 13.4. The first-order chi connectivity index (χ1) is 18.0. The highest BCUT2D eigenvalue weighted by Crippen LogP contribution is 2.33. The minimum Gasteiger partial charge on any atom is -0.262 e. The molecular formula is C29H29N5O2S. The molecular weight excluding hydrogens is 482 g/mol. The maximum Gasteiger partial charge on any atom is 0.272 e. The van der Waals surface area contributed by atoms with Crippen LogP contribution >= 0.6 is 11.3 Å². The third-order valence-corrected chi connectivity index (χ3v) is 7.73. The van der Waals surface area contributed by atoms with Gasteiger partial charge < -0.3 is 0 Å². The Hall–Kier alpha value is -3.91. The number of hydrogen-bond acceptors (Lipinski definition) is 6. The molecule has 1 aliphatic rings. The van der Waals surface area contributed by atoms with E-state index in [2.05, 4.69) is 34.6 Å². The van der Waals surface area contributed by atoms with Crippen molar-refractivity contribution in [3.8, 4) is 11.3 Å². The number of benzene rings is 2. The van der Waals surface area contributed by atoms with Crippen LogP contribution in [0.25, 0.3) is 11.3 Å². The molecule has 2 aromatic carbocycles.